The van der Waals surface area contributed by atoms with Crippen molar-refractivity contribution in [1.29, 1.82) is 0 Å². The Bertz CT molecular complexity index is 920. The van der Waals surface area contributed by atoms with E-state index < -0.39 is 6.10 Å². The highest BCUT2D eigenvalue weighted by Gasteiger charge is 2.28. The molecule has 6 heteroatoms. The van der Waals surface area contributed by atoms with E-state index in [9.17, 15) is 9.90 Å². The van der Waals surface area contributed by atoms with Crippen LogP contribution in [0.3, 0.4) is 0 Å². The number of β-amino-alcohol motifs (C(OH)–C–C–N with tert-alkyl or cyclic N) is 1. The fourth-order valence-corrected chi connectivity index (χ4v) is 4.89. The molecule has 1 aliphatic carbocycles. The second kappa shape index (κ2) is 11.5. The number of hydrogen-bond donors (Lipinski definition) is 2. The molecule has 0 amide bonds. The van der Waals surface area contributed by atoms with Gasteiger partial charge < -0.3 is 19.9 Å². The topological polar surface area (TPSA) is 67.8 Å². The monoisotopic (exact) mass is 517 g/mol. The molecule has 0 bridgehead atoms. The van der Waals surface area contributed by atoms with Gasteiger partial charge in [0.2, 0.25) is 0 Å². The lowest BCUT2D eigenvalue weighted by atomic mass is 9.88. The molecule has 2 atom stereocenters. The minimum Gasteiger partial charge on any atom is -0.490 e. The van der Waals surface area contributed by atoms with E-state index in [4.69, 9.17) is 9.47 Å². The van der Waals surface area contributed by atoms with Gasteiger partial charge in [-0.1, -0.05) is 30.3 Å². The molecular formula is C27H36BrNO4. The maximum Gasteiger partial charge on any atom is 0.313 e. The number of esters is 1. The van der Waals surface area contributed by atoms with Gasteiger partial charge in [0.1, 0.15) is 18.5 Å². The van der Waals surface area contributed by atoms with Crippen molar-refractivity contribution in [2.24, 2.45) is 5.92 Å². The summed E-state index contributed by atoms with van der Waals surface area (Å²) in [4.78, 5) is 12.0. The van der Waals surface area contributed by atoms with Crippen molar-refractivity contribution in [3.63, 3.8) is 0 Å². The number of aliphatic hydroxyl groups excluding tert-OH is 1. The van der Waals surface area contributed by atoms with E-state index in [1.54, 1.807) is 6.92 Å². The summed E-state index contributed by atoms with van der Waals surface area (Å²) in [5, 5.41) is 14.0. The molecule has 2 N–H and O–H groups in total. The van der Waals surface area contributed by atoms with Crippen molar-refractivity contribution in [1.82, 2.24) is 5.32 Å². The molecule has 0 aromatic heterocycles. The Morgan fingerprint density at radius 3 is 2.52 bits per heavy atom. The highest BCUT2D eigenvalue weighted by Crippen LogP contribution is 2.32. The maximum absolute atomic E-state index is 12.0. The van der Waals surface area contributed by atoms with Gasteiger partial charge in [0.25, 0.3) is 0 Å². The minimum atomic E-state index is -0.650. The van der Waals surface area contributed by atoms with Crippen molar-refractivity contribution in [2.75, 3.05) is 19.8 Å². The molecule has 1 aliphatic rings. The summed E-state index contributed by atoms with van der Waals surface area (Å²) in [6.45, 7) is 8.96. The van der Waals surface area contributed by atoms with E-state index in [1.165, 1.54) is 11.1 Å². The summed E-state index contributed by atoms with van der Waals surface area (Å²) < 4.78 is 11.8. The number of halogens is 1. The lowest BCUT2D eigenvalue weighted by molar-refractivity contribution is -0.144. The zero-order valence-electron chi connectivity index (χ0n) is 20.1. The summed E-state index contributed by atoms with van der Waals surface area (Å²) in [5.41, 5.74) is 3.68. The summed E-state index contributed by atoms with van der Waals surface area (Å²) in [5.74, 6) is 0.584. The number of rotatable bonds is 11. The van der Waals surface area contributed by atoms with Crippen LogP contribution in [0.5, 0.6) is 5.75 Å². The molecule has 3 rings (SSSR count). The average molecular weight is 518 g/mol. The molecule has 180 valence electrons. The molecule has 2 aromatic carbocycles. The predicted octanol–water partition coefficient (Wildman–Crippen LogP) is 5.03. The van der Waals surface area contributed by atoms with Crippen LogP contribution >= 0.6 is 15.9 Å². The third-order valence-corrected chi connectivity index (χ3v) is 6.93. The fourth-order valence-electron chi connectivity index (χ4n) is 4.53. The number of aliphatic hydroxyl groups is 1. The molecule has 0 aliphatic heterocycles. The molecular weight excluding hydrogens is 482 g/mol. The van der Waals surface area contributed by atoms with E-state index >= 15 is 0 Å². The highest BCUT2D eigenvalue weighted by molar-refractivity contribution is 9.10. The Balaban J connectivity index is 1.47. The SMILES string of the molecule is CCOC(=O)C(C)c1ccc(Br)c(OC[C@H](O)CNC(C)(C)CC2Cc3ccccc3C2)c1. The first kappa shape index (κ1) is 25.7. The van der Waals surface area contributed by atoms with Gasteiger partial charge in [-0.15, -0.1) is 0 Å². The Morgan fingerprint density at radius 1 is 1.21 bits per heavy atom. The van der Waals surface area contributed by atoms with Crippen LogP contribution in [-0.2, 0) is 22.4 Å². The number of benzene rings is 2. The molecule has 0 saturated heterocycles. The molecule has 1 unspecified atom stereocenters. The normalized spacial score (nSPS) is 15.7. The van der Waals surface area contributed by atoms with Crippen LogP contribution in [0.25, 0.3) is 0 Å². The number of hydrogen-bond acceptors (Lipinski definition) is 5. The number of nitrogens with one attached hydrogen (secondary N) is 1. The van der Waals surface area contributed by atoms with Crippen LogP contribution < -0.4 is 10.1 Å². The van der Waals surface area contributed by atoms with Gasteiger partial charge in [-0.3, -0.25) is 4.79 Å². The van der Waals surface area contributed by atoms with E-state index in [-0.39, 0.29) is 24.0 Å². The molecule has 0 saturated carbocycles. The molecule has 2 aromatic rings. The Labute approximate surface area is 206 Å². The van der Waals surface area contributed by atoms with Gasteiger partial charge >= 0.3 is 5.97 Å². The lowest BCUT2D eigenvalue weighted by Gasteiger charge is -2.30. The largest absolute Gasteiger partial charge is 0.490 e. The Hall–Kier alpha value is -1.89. The second-order valence-electron chi connectivity index (χ2n) is 9.64. The van der Waals surface area contributed by atoms with Gasteiger partial charge in [0.15, 0.2) is 0 Å². The fraction of sp³-hybridized carbons (Fsp3) is 0.519. The van der Waals surface area contributed by atoms with Crippen LogP contribution in [0.1, 0.15) is 56.7 Å². The molecule has 0 heterocycles. The summed E-state index contributed by atoms with van der Waals surface area (Å²) >= 11 is 3.49. The first-order valence-electron chi connectivity index (χ1n) is 11.8. The van der Waals surface area contributed by atoms with E-state index in [0.29, 0.717) is 24.8 Å². The van der Waals surface area contributed by atoms with E-state index in [0.717, 1.165) is 29.3 Å². The molecule has 0 radical (unpaired) electrons. The first-order chi connectivity index (χ1) is 15.7. The van der Waals surface area contributed by atoms with Gasteiger partial charge in [-0.05, 0) is 97.6 Å². The minimum absolute atomic E-state index is 0.0801. The van der Waals surface area contributed by atoms with Gasteiger partial charge in [-0.2, -0.15) is 0 Å². The predicted molar refractivity (Wildman–Crippen MR) is 135 cm³/mol. The smallest absolute Gasteiger partial charge is 0.313 e. The van der Waals surface area contributed by atoms with Crippen LogP contribution in [-0.4, -0.2) is 42.5 Å². The molecule has 0 fully saturated rings. The summed E-state index contributed by atoms with van der Waals surface area (Å²) in [6.07, 6.45) is 2.65. The Kier molecular flexibility index (Phi) is 8.96. The number of carbonyl (C=O) groups is 1. The first-order valence-corrected chi connectivity index (χ1v) is 12.6. The van der Waals surface area contributed by atoms with Crippen molar-refractivity contribution < 1.29 is 19.4 Å². The average Bonchev–Trinajstić information content (AvgIpc) is 3.18. The van der Waals surface area contributed by atoms with Crippen LogP contribution in [0, 0.1) is 5.92 Å². The molecule has 33 heavy (non-hydrogen) atoms. The third kappa shape index (κ3) is 7.29. The molecule has 5 nitrogen and oxygen atoms in total. The lowest BCUT2D eigenvalue weighted by Crippen LogP contribution is -2.46. The van der Waals surface area contributed by atoms with Gasteiger partial charge in [0.05, 0.1) is 17.0 Å². The van der Waals surface area contributed by atoms with Crippen LogP contribution in [0.15, 0.2) is 46.9 Å². The molecule has 0 spiro atoms. The zero-order valence-corrected chi connectivity index (χ0v) is 21.7. The van der Waals surface area contributed by atoms with E-state index in [2.05, 4.69) is 59.4 Å². The van der Waals surface area contributed by atoms with Crippen LogP contribution in [0.2, 0.25) is 0 Å². The number of ether oxygens (including phenoxy) is 2. The zero-order chi connectivity index (χ0) is 24.0. The van der Waals surface area contributed by atoms with Gasteiger partial charge in [-0.25, -0.2) is 0 Å². The summed E-state index contributed by atoms with van der Waals surface area (Å²) in [6, 6.07) is 14.3. The third-order valence-electron chi connectivity index (χ3n) is 6.28. The second-order valence-corrected chi connectivity index (χ2v) is 10.5. The van der Waals surface area contributed by atoms with Crippen molar-refractivity contribution in [3.8, 4) is 5.75 Å². The quantitative estimate of drug-likeness (QED) is 0.409. The Morgan fingerprint density at radius 2 is 1.88 bits per heavy atom. The van der Waals surface area contributed by atoms with Crippen molar-refractivity contribution in [2.45, 2.75) is 64.5 Å². The van der Waals surface area contributed by atoms with E-state index in [1.807, 2.05) is 25.1 Å². The number of carbonyl (C=O) groups excluding carboxylic acids is 1. The van der Waals surface area contributed by atoms with Gasteiger partial charge in [0, 0.05) is 12.1 Å². The standard InChI is InChI=1S/C27H36BrNO4/c1-5-32-26(31)18(2)20-10-11-24(28)25(14-20)33-17-23(30)16-29-27(3,4)15-19-12-21-8-6-7-9-22(21)13-19/h6-11,14,18-19,23,29-30H,5,12-13,15-17H2,1-4H3/t18?,23-/m1/s1. The highest BCUT2D eigenvalue weighted by atomic mass is 79.9. The van der Waals surface area contributed by atoms with Crippen LogP contribution in [0.4, 0.5) is 0 Å². The maximum atomic E-state index is 12.0. The summed E-state index contributed by atoms with van der Waals surface area (Å²) in [7, 11) is 0. The van der Waals surface area contributed by atoms with Crippen molar-refractivity contribution in [3.05, 3.63) is 63.6 Å². The number of fused-ring (bicyclic) bond motifs is 1. The van der Waals surface area contributed by atoms with Crippen molar-refractivity contribution >= 4 is 21.9 Å².